The molecule has 0 saturated heterocycles. The zero-order chi connectivity index (χ0) is 13.1. The molecule has 0 spiro atoms. The highest BCUT2D eigenvalue weighted by molar-refractivity contribution is 5.44. The first-order valence-corrected chi connectivity index (χ1v) is 7.06. The number of anilines is 1. The van der Waals surface area contributed by atoms with Crippen LogP contribution in [0.3, 0.4) is 0 Å². The second-order valence-electron chi connectivity index (χ2n) is 5.56. The molecule has 100 valence electrons. The van der Waals surface area contributed by atoms with Gasteiger partial charge in [-0.3, -0.25) is 0 Å². The van der Waals surface area contributed by atoms with Crippen LogP contribution in [0.25, 0.3) is 0 Å². The molecule has 0 radical (unpaired) electrons. The maximum atomic E-state index is 4.74. The van der Waals surface area contributed by atoms with Crippen molar-refractivity contribution in [2.75, 3.05) is 11.9 Å². The molecule has 0 unspecified atom stereocenters. The van der Waals surface area contributed by atoms with Crippen LogP contribution in [0.1, 0.15) is 44.9 Å². The van der Waals surface area contributed by atoms with Crippen molar-refractivity contribution < 1.29 is 0 Å². The summed E-state index contributed by atoms with van der Waals surface area (Å²) in [7, 11) is 2.17. The number of hydrogen-bond donors (Lipinski definition) is 1. The van der Waals surface area contributed by atoms with Crippen LogP contribution in [0.5, 0.6) is 0 Å². The quantitative estimate of drug-likeness (QED) is 0.838. The van der Waals surface area contributed by atoms with Gasteiger partial charge in [0.05, 0.1) is 0 Å². The summed E-state index contributed by atoms with van der Waals surface area (Å²) in [5.74, 6) is 1.14. The molecule has 0 amide bonds. The monoisotopic (exact) mass is 247 g/mol. The third kappa shape index (κ3) is 3.45. The van der Waals surface area contributed by atoms with E-state index in [1.54, 1.807) is 0 Å². The molecule has 2 rings (SSSR count). The van der Waals surface area contributed by atoms with E-state index in [-0.39, 0.29) is 0 Å². The average Bonchev–Trinajstić information content (AvgIpc) is 3.19. The summed E-state index contributed by atoms with van der Waals surface area (Å²) in [5, 5.41) is 3.48. The number of aryl methyl sites for hydroxylation is 1. The zero-order valence-corrected chi connectivity index (χ0v) is 12.0. The molecule has 1 aliphatic carbocycles. The van der Waals surface area contributed by atoms with Crippen molar-refractivity contribution in [1.29, 1.82) is 0 Å². The molecule has 1 aromatic rings. The first-order valence-electron chi connectivity index (χ1n) is 7.06. The molecule has 1 fully saturated rings. The van der Waals surface area contributed by atoms with E-state index >= 15 is 0 Å². The summed E-state index contributed by atoms with van der Waals surface area (Å²) in [4.78, 5) is 7.07. The third-order valence-corrected chi connectivity index (χ3v) is 3.46. The summed E-state index contributed by atoms with van der Waals surface area (Å²) in [6.07, 6.45) is 3.63. The van der Waals surface area contributed by atoms with E-state index in [9.17, 15) is 0 Å². The van der Waals surface area contributed by atoms with Crippen LogP contribution >= 0.6 is 0 Å². The minimum atomic E-state index is 0.521. The van der Waals surface area contributed by atoms with Crippen molar-refractivity contribution in [3.05, 3.63) is 23.4 Å². The lowest BCUT2D eigenvalue weighted by Gasteiger charge is -2.19. The standard InChI is InChI=1S/C15H25N3/c1-5-13-8-12(10-16-11(2)3)9-15(17-13)18(4)14-6-7-14/h8-9,11,14,16H,5-7,10H2,1-4H3. The van der Waals surface area contributed by atoms with Crippen molar-refractivity contribution in [2.24, 2.45) is 0 Å². The summed E-state index contributed by atoms with van der Waals surface area (Å²) < 4.78 is 0. The Balaban J connectivity index is 2.15. The number of pyridine rings is 1. The Kier molecular flexibility index (Phi) is 4.23. The van der Waals surface area contributed by atoms with Crippen LogP contribution in [0.2, 0.25) is 0 Å². The van der Waals surface area contributed by atoms with E-state index in [1.165, 1.54) is 24.1 Å². The number of rotatable bonds is 6. The topological polar surface area (TPSA) is 28.2 Å². The van der Waals surface area contributed by atoms with Crippen molar-refractivity contribution >= 4 is 5.82 Å². The second kappa shape index (κ2) is 5.70. The minimum Gasteiger partial charge on any atom is -0.357 e. The maximum Gasteiger partial charge on any atom is 0.129 e. The Morgan fingerprint density at radius 3 is 2.67 bits per heavy atom. The van der Waals surface area contributed by atoms with E-state index in [4.69, 9.17) is 4.98 Å². The van der Waals surface area contributed by atoms with E-state index < -0.39 is 0 Å². The SMILES string of the molecule is CCc1cc(CNC(C)C)cc(N(C)C2CC2)n1. The molecule has 1 saturated carbocycles. The molecule has 1 aromatic heterocycles. The Hall–Kier alpha value is -1.09. The van der Waals surface area contributed by atoms with Crippen molar-refractivity contribution in [1.82, 2.24) is 10.3 Å². The third-order valence-electron chi connectivity index (χ3n) is 3.46. The van der Waals surface area contributed by atoms with Crippen LogP contribution in [-0.4, -0.2) is 24.1 Å². The summed E-state index contributed by atoms with van der Waals surface area (Å²) in [6, 6.07) is 5.69. The molecule has 0 aromatic carbocycles. The van der Waals surface area contributed by atoms with E-state index in [2.05, 4.69) is 50.2 Å². The van der Waals surface area contributed by atoms with Gasteiger partial charge in [0.15, 0.2) is 0 Å². The van der Waals surface area contributed by atoms with Gasteiger partial charge in [-0.2, -0.15) is 0 Å². The van der Waals surface area contributed by atoms with Crippen LogP contribution in [-0.2, 0) is 13.0 Å². The highest BCUT2D eigenvalue weighted by Crippen LogP contribution is 2.29. The van der Waals surface area contributed by atoms with Crippen LogP contribution in [0.4, 0.5) is 5.82 Å². The molecular weight excluding hydrogens is 222 g/mol. The molecule has 0 bridgehead atoms. The van der Waals surface area contributed by atoms with Gasteiger partial charge in [0.2, 0.25) is 0 Å². The first kappa shape index (κ1) is 13.3. The van der Waals surface area contributed by atoms with Crippen molar-refractivity contribution in [2.45, 2.75) is 58.7 Å². The molecule has 3 nitrogen and oxygen atoms in total. The lowest BCUT2D eigenvalue weighted by molar-refractivity contribution is 0.588. The van der Waals surface area contributed by atoms with Gasteiger partial charge in [0.25, 0.3) is 0 Å². The van der Waals surface area contributed by atoms with Gasteiger partial charge in [-0.15, -0.1) is 0 Å². The molecule has 0 aliphatic heterocycles. The van der Waals surface area contributed by atoms with E-state index in [0.717, 1.165) is 24.8 Å². The van der Waals surface area contributed by atoms with Gasteiger partial charge < -0.3 is 10.2 Å². The highest BCUT2D eigenvalue weighted by Gasteiger charge is 2.27. The Morgan fingerprint density at radius 2 is 2.11 bits per heavy atom. The summed E-state index contributed by atoms with van der Waals surface area (Å²) in [5.41, 5.74) is 2.54. The number of hydrogen-bond acceptors (Lipinski definition) is 3. The average molecular weight is 247 g/mol. The number of nitrogens with one attached hydrogen (secondary N) is 1. The molecule has 18 heavy (non-hydrogen) atoms. The molecule has 1 aliphatic rings. The fourth-order valence-corrected chi connectivity index (χ4v) is 2.07. The van der Waals surface area contributed by atoms with Crippen molar-refractivity contribution in [3.63, 3.8) is 0 Å². The fraction of sp³-hybridized carbons (Fsp3) is 0.667. The first-order chi connectivity index (χ1) is 8.60. The van der Waals surface area contributed by atoms with Gasteiger partial charge in [-0.1, -0.05) is 20.8 Å². The number of nitrogens with zero attached hydrogens (tertiary/aromatic N) is 2. The number of aromatic nitrogens is 1. The van der Waals surface area contributed by atoms with Crippen LogP contribution in [0.15, 0.2) is 12.1 Å². The van der Waals surface area contributed by atoms with Gasteiger partial charge in [-0.25, -0.2) is 4.98 Å². The molecular formula is C15H25N3. The second-order valence-corrected chi connectivity index (χ2v) is 5.56. The highest BCUT2D eigenvalue weighted by atomic mass is 15.2. The summed E-state index contributed by atoms with van der Waals surface area (Å²) in [6.45, 7) is 7.46. The Bertz CT molecular complexity index is 397. The van der Waals surface area contributed by atoms with Crippen LogP contribution in [0, 0.1) is 0 Å². The van der Waals surface area contributed by atoms with Gasteiger partial charge >= 0.3 is 0 Å². The van der Waals surface area contributed by atoms with Gasteiger partial charge in [-0.05, 0) is 37.0 Å². The fourth-order valence-electron chi connectivity index (χ4n) is 2.07. The maximum absolute atomic E-state index is 4.74. The minimum absolute atomic E-state index is 0.521. The lowest BCUT2D eigenvalue weighted by Crippen LogP contribution is -2.24. The van der Waals surface area contributed by atoms with E-state index in [1.807, 2.05) is 0 Å². The largest absolute Gasteiger partial charge is 0.357 e. The lowest BCUT2D eigenvalue weighted by atomic mass is 10.1. The molecule has 3 heteroatoms. The van der Waals surface area contributed by atoms with Gasteiger partial charge in [0, 0.05) is 31.4 Å². The Labute approximate surface area is 111 Å². The van der Waals surface area contributed by atoms with Gasteiger partial charge in [0.1, 0.15) is 5.82 Å². The van der Waals surface area contributed by atoms with E-state index in [0.29, 0.717) is 6.04 Å². The summed E-state index contributed by atoms with van der Waals surface area (Å²) >= 11 is 0. The van der Waals surface area contributed by atoms with Crippen molar-refractivity contribution in [3.8, 4) is 0 Å². The van der Waals surface area contributed by atoms with Crippen LogP contribution < -0.4 is 10.2 Å². The zero-order valence-electron chi connectivity index (χ0n) is 12.0. The normalized spacial score (nSPS) is 15.2. The predicted octanol–water partition coefficient (Wildman–Crippen LogP) is 2.74. The molecule has 1 N–H and O–H groups in total. The predicted molar refractivity (Wildman–Crippen MR) is 77.0 cm³/mol. The Morgan fingerprint density at radius 1 is 1.39 bits per heavy atom. The molecule has 1 heterocycles. The smallest absolute Gasteiger partial charge is 0.129 e. The molecule has 0 atom stereocenters.